The summed E-state index contributed by atoms with van der Waals surface area (Å²) in [6.45, 7) is 7.70. The molecule has 0 saturated heterocycles. The fourth-order valence-corrected chi connectivity index (χ4v) is 3.19. The highest BCUT2D eigenvalue weighted by Gasteiger charge is 2.28. The molecule has 2 heterocycles. The van der Waals surface area contributed by atoms with E-state index in [1.165, 1.54) is 4.90 Å². The van der Waals surface area contributed by atoms with Gasteiger partial charge in [0.15, 0.2) is 5.82 Å². The van der Waals surface area contributed by atoms with Crippen LogP contribution in [0, 0.1) is 6.92 Å². The van der Waals surface area contributed by atoms with Crippen LogP contribution >= 0.6 is 27.5 Å². The molecule has 0 spiro atoms. The fraction of sp³-hybridized carbons (Fsp3) is 0.316. The van der Waals surface area contributed by atoms with Gasteiger partial charge in [0.05, 0.1) is 6.54 Å². The topological polar surface area (TPSA) is 59.7 Å². The van der Waals surface area contributed by atoms with Crippen LogP contribution < -0.4 is 4.90 Å². The molecule has 1 amide bonds. The molecule has 3 rings (SSSR count). The summed E-state index contributed by atoms with van der Waals surface area (Å²) in [5.41, 5.74) is 1.90. The molecular formula is C19H20BrClN4O2. The summed E-state index contributed by atoms with van der Waals surface area (Å²) in [6.07, 6.45) is 1.29. The number of fused-ring (bicyclic) bond motifs is 1. The minimum Gasteiger partial charge on any atom is -0.443 e. The second kappa shape index (κ2) is 7.48. The molecule has 0 N–H and O–H groups in total. The lowest BCUT2D eigenvalue weighted by atomic mass is 10.2. The first-order valence-electron chi connectivity index (χ1n) is 8.41. The lowest BCUT2D eigenvalue weighted by Gasteiger charge is -2.27. The van der Waals surface area contributed by atoms with Crippen LogP contribution in [0.15, 0.2) is 41.0 Å². The molecule has 0 unspecified atom stereocenters. The summed E-state index contributed by atoms with van der Waals surface area (Å²) in [5.74, 6) is 0.399. The third-order valence-electron chi connectivity index (χ3n) is 3.83. The highest BCUT2D eigenvalue weighted by Crippen LogP contribution is 2.31. The number of hydrogen-bond acceptors (Lipinski definition) is 4. The summed E-state index contributed by atoms with van der Waals surface area (Å²) in [7, 11) is 0. The molecule has 0 aliphatic heterocycles. The average molecular weight is 452 g/mol. The monoisotopic (exact) mass is 450 g/mol. The maximum atomic E-state index is 13.0. The molecule has 27 heavy (non-hydrogen) atoms. The van der Waals surface area contributed by atoms with Gasteiger partial charge in [0, 0.05) is 10.7 Å². The standard InChI is InChI=1S/C19H20BrClN4O2/c1-12-14(20)11-25-15(12)16(22-17(21)23-25)24(18(26)27-19(2,3)4)10-13-8-6-5-7-9-13/h5-9,11H,10H2,1-4H3. The first-order chi connectivity index (χ1) is 12.7. The highest BCUT2D eigenvalue weighted by atomic mass is 79.9. The Morgan fingerprint density at radius 1 is 1.30 bits per heavy atom. The summed E-state index contributed by atoms with van der Waals surface area (Å²) >= 11 is 9.64. The van der Waals surface area contributed by atoms with Crippen molar-refractivity contribution in [2.75, 3.05) is 4.90 Å². The number of rotatable bonds is 3. The SMILES string of the molecule is Cc1c(Br)cn2nc(Cl)nc(N(Cc3ccccc3)C(=O)OC(C)(C)C)c12. The van der Waals surface area contributed by atoms with Crippen molar-refractivity contribution < 1.29 is 9.53 Å². The van der Waals surface area contributed by atoms with Gasteiger partial charge in [-0.15, -0.1) is 5.10 Å². The van der Waals surface area contributed by atoms with E-state index < -0.39 is 11.7 Å². The van der Waals surface area contributed by atoms with Crippen molar-refractivity contribution in [2.24, 2.45) is 0 Å². The Hall–Kier alpha value is -2.12. The van der Waals surface area contributed by atoms with Gasteiger partial charge in [0.1, 0.15) is 11.1 Å². The number of nitrogens with zero attached hydrogens (tertiary/aromatic N) is 4. The normalized spacial score (nSPS) is 11.6. The van der Waals surface area contributed by atoms with Crippen LogP contribution in [0.2, 0.25) is 5.28 Å². The zero-order chi connectivity index (χ0) is 19.8. The Morgan fingerprint density at radius 3 is 2.59 bits per heavy atom. The second-order valence-corrected chi connectivity index (χ2v) is 8.34. The number of hydrogen-bond donors (Lipinski definition) is 0. The van der Waals surface area contributed by atoms with E-state index in [0.29, 0.717) is 17.9 Å². The molecule has 0 fully saturated rings. The lowest BCUT2D eigenvalue weighted by Crippen LogP contribution is -2.37. The molecule has 0 aliphatic rings. The van der Waals surface area contributed by atoms with E-state index in [-0.39, 0.29) is 5.28 Å². The van der Waals surface area contributed by atoms with Crippen LogP contribution in [0.25, 0.3) is 5.52 Å². The van der Waals surface area contributed by atoms with Crippen LogP contribution in [-0.4, -0.2) is 26.3 Å². The highest BCUT2D eigenvalue weighted by molar-refractivity contribution is 9.10. The molecule has 0 aliphatic carbocycles. The van der Waals surface area contributed by atoms with Crippen molar-refractivity contribution in [1.29, 1.82) is 0 Å². The maximum absolute atomic E-state index is 13.0. The number of benzene rings is 1. The van der Waals surface area contributed by atoms with Crippen molar-refractivity contribution >= 4 is 45.0 Å². The van der Waals surface area contributed by atoms with E-state index in [4.69, 9.17) is 16.3 Å². The van der Waals surface area contributed by atoms with E-state index in [2.05, 4.69) is 26.0 Å². The Kier molecular flexibility index (Phi) is 5.44. The molecule has 6 nitrogen and oxygen atoms in total. The van der Waals surface area contributed by atoms with Crippen molar-refractivity contribution in [3.8, 4) is 0 Å². The van der Waals surface area contributed by atoms with Crippen LogP contribution in [0.4, 0.5) is 10.6 Å². The summed E-state index contributed by atoms with van der Waals surface area (Å²) in [4.78, 5) is 18.9. The van der Waals surface area contributed by atoms with Gasteiger partial charge in [-0.2, -0.15) is 4.98 Å². The van der Waals surface area contributed by atoms with E-state index >= 15 is 0 Å². The van der Waals surface area contributed by atoms with Gasteiger partial charge in [-0.1, -0.05) is 30.3 Å². The molecule has 142 valence electrons. The van der Waals surface area contributed by atoms with Gasteiger partial charge < -0.3 is 4.74 Å². The summed E-state index contributed by atoms with van der Waals surface area (Å²) in [5, 5.41) is 4.25. The van der Waals surface area contributed by atoms with Crippen LogP contribution in [-0.2, 0) is 11.3 Å². The smallest absolute Gasteiger partial charge is 0.416 e. The predicted octanol–water partition coefficient (Wildman–Crippen LogP) is 5.40. The van der Waals surface area contributed by atoms with E-state index in [1.807, 2.05) is 58.0 Å². The third kappa shape index (κ3) is 4.42. The Morgan fingerprint density at radius 2 is 1.96 bits per heavy atom. The van der Waals surface area contributed by atoms with Gasteiger partial charge in [-0.05, 0) is 66.4 Å². The molecule has 1 aromatic carbocycles. The molecule has 0 bridgehead atoms. The summed E-state index contributed by atoms with van der Waals surface area (Å²) < 4.78 is 8.09. The molecule has 0 saturated carbocycles. The Bertz CT molecular complexity index is 983. The second-order valence-electron chi connectivity index (χ2n) is 7.15. The predicted molar refractivity (Wildman–Crippen MR) is 109 cm³/mol. The van der Waals surface area contributed by atoms with E-state index in [9.17, 15) is 4.79 Å². The molecule has 2 aromatic heterocycles. The van der Waals surface area contributed by atoms with Crippen molar-refractivity contribution in [1.82, 2.24) is 14.6 Å². The lowest BCUT2D eigenvalue weighted by molar-refractivity contribution is 0.0576. The summed E-state index contributed by atoms with van der Waals surface area (Å²) in [6, 6.07) is 9.65. The minimum absolute atomic E-state index is 0.0432. The first kappa shape index (κ1) is 19.6. The Labute approximate surface area is 171 Å². The molecule has 3 aromatic rings. The number of carbonyl (C=O) groups excluding carboxylic acids is 1. The number of halogens is 2. The molecule has 8 heteroatoms. The minimum atomic E-state index is -0.642. The molecule has 0 radical (unpaired) electrons. The van der Waals surface area contributed by atoms with Gasteiger partial charge in [-0.3, -0.25) is 4.90 Å². The average Bonchev–Trinajstić information content (AvgIpc) is 2.85. The number of anilines is 1. The maximum Gasteiger partial charge on any atom is 0.416 e. The third-order valence-corrected chi connectivity index (χ3v) is 4.79. The van der Waals surface area contributed by atoms with Crippen LogP contribution in [0.5, 0.6) is 0 Å². The number of ether oxygens (including phenoxy) is 1. The van der Waals surface area contributed by atoms with E-state index in [0.717, 1.165) is 15.6 Å². The fourth-order valence-electron chi connectivity index (χ4n) is 2.65. The van der Waals surface area contributed by atoms with Crippen molar-refractivity contribution in [3.05, 3.63) is 57.4 Å². The van der Waals surface area contributed by atoms with Gasteiger partial charge >= 0.3 is 6.09 Å². The van der Waals surface area contributed by atoms with E-state index in [1.54, 1.807) is 10.7 Å². The quantitative estimate of drug-likeness (QED) is 0.535. The number of aromatic nitrogens is 3. The van der Waals surface area contributed by atoms with Crippen molar-refractivity contribution in [3.63, 3.8) is 0 Å². The molecule has 0 atom stereocenters. The van der Waals surface area contributed by atoms with Gasteiger partial charge in [-0.25, -0.2) is 9.31 Å². The van der Waals surface area contributed by atoms with Crippen LogP contribution in [0.3, 0.4) is 0 Å². The largest absolute Gasteiger partial charge is 0.443 e. The zero-order valence-electron chi connectivity index (χ0n) is 15.5. The number of aryl methyl sites for hydroxylation is 1. The number of carbonyl (C=O) groups is 1. The Balaban J connectivity index is 2.15. The molecular weight excluding hydrogens is 432 g/mol. The van der Waals surface area contributed by atoms with Gasteiger partial charge in [0.2, 0.25) is 5.28 Å². The number of amides is 1. The first-order valence-corrected chi connectivity index (χ1v) is 9.58. The van der Waals surface area contributed by atoms with Crippen LogP contribution in [0.1, 0.15) is 31.9 Å². The zero-order valence-corrected chi connectivity index (χ0v) is 17.9. The van der Waals surface area contributed by atoms with Crippen molar-refractivity contribution in [2.45, 2.75) is 39.8 Å². The van der Waals surface area contributed by atoms with Gasteiger partial charge in [0.25, 0.3) is 0 Å².